The fourth-order valence-corrected chi connectivity index (χ4v) is 3.24. The van der Waals surface area contributed by atoms with Gasteiger partial charge in [0.25, 0.3) is 0 Å². The van der Waals surface area contributed by atoms with Gasteiger partial charge in [0.2, 0.25) is 0 Å². The number of likely N-dealkylation sites (tertiary alicyclic amines) is 1. The molecule has 4 heteroatoms. The van der Waals surface area contributed by atoms with Crippen LogP contribution in [0.2, 0.25) is 0 Å². The molecule has 2 rings (SSSR count). The van der Waals surface area contributed by atoms with Gasteiger partial charge in [-0.05, 0) is 63.9 Å². The Morgan fingerprint density at radius 2 is 1.96 bits per heavy atom. The largest absolute Gasteiger partial charge is 0.494 e. The zero-order valence-corrected chi connectivity index (χ0v) is 15.7. The van der Waals surface area contributed by atoms with E-state index in [0.717, 1.165) is 25.3 Å². The highest BCUT2D eigenvalue weighted by Crippen LogP contribution is 2.26. The van der Waals surface area contributed by atoms with Gasteiger partial charge in [-0.1, -0.05) is 19.4 Å². The first kappa shape index (κ1) is 19.2. The maximum Gasteiger partial charge on any atom is 0.123 e. The lowest BCUT2D eigenvalue weighted by Gasteiger charge is -2.28. The lowest BCUT2D eigenvalue weighted by Crippen LogP contribution is -2.34. The zero-order chi connectivity index (χ0) is 17.4. The second-order valence-corrected chi connectivity index (χ2v) is 6.94. The highest BCUT2D eigenvalue weighted by Gasteiger charge is 2.15. The Labute approximate surface area is 147 Å². The number of nitrogens with two attached hydrogens (primary N) is 1. The first-order chi connectivity index (χ1) is 11.6. The van der Waals surface area contributed by atoms with Gasteiger partial charge in [0.1, 0.15) is 5.75 Å². The van der Waals surface area contributed by atoms with E-state index in [1.807, 2.05) is 0 Å². The van der Waals surface area contributed by atoms with E-state index in [9.17, 15) is 0 Å². The number of hydrogen-bond donors (Lipinski definition) is 2. The molecule has 24 heavy (non-hydrogen) atoms. The predicted molar refractivity (Wildman–Crippen MR) is 101 cm³/mol. The molecule has 0 bridgehead atoms. The average Bonchev–Trinajstić information content (AvgIpc) is 2.61. The average molecular weight is 334 g/mol. The standard InChI is InChI=1S/C20H35N3O/c1-4-19(21)14-22-16(3)17-9-10-20(24-5-2)18(13-17)15-23-11-7-6-8-12-23/h9-10,13,16,19,22H,4-8,11-12,14-15,21H2,1-3H3. The molecule has 0 amide bonds. The van der Waals surface area contributed by atoms with Crippen molar-refractivity contribution in [2.75, 3.05) is 26.2 Å². The summed E-state index contributed by atoms with van der Waals surface area (Å²) in [6.45, 7) is 11.4. The van der Waals surface area contributed by atoms with Crippen molar-refractivity contribution < 1.29 is 4.74 Å². The van der Waals surface area contributed by atoms with Crippen LogP contribution in [0.3, 0.4) is 0 Å². The highest BCUT2D eigenvalue weighted by molar-refractivity contribution is 5.38. The van der Waals surface area contributed by atoms with E-state index in [1.54, 1.807) is 0 Å². The maximum atomic E-state index is 6.03. The van der Waals surface area contributed by atoms with Gasteiger partial charge < -0.3 is 15.8 Å². The van der Waals surface area contributed by atoms with E-state index in [-0.39, 0.29) is 6.04 Å². The summed E-state index contributed by atoms with van der Waals surface area (Å²) in [5.74, 6) is 1.03. The Balaban J connectivity index is 2.07. The number of rotatable bonds is 9. The summed E-state index contributed by atoms with van der Waals surface area (Å²) in [4.78, 5) is 2.55. The Kier molecular flexibility index (Phi) is 8.03. The fourth-order valence-electron chi connectivity index (χ4n) is 3.24. The van der Waals surface area contributed by atoms with Gasteiger partial charge in [0.15, 0.2) is 0 Å². The summed E-state index contributed by atoms with van der Waals surface area (Å²) < 4.78 is 5.86. The van der Waals surface area contributed by atoms with Crippen molar-refractivity contribution in [3.05, 3.63) is 29.3 Å². The monoisotopic (exact) mass is 333 g/mol. The molecule has 1 fully saturated rings. The number of hydrogen-bond acceptors (Lipinski definition) is 4. The Morgan fingerprint density at radius 1 is 1.21 bits per heavy atom. The summed E-state index contributed by atoms with van der Waals surface area (Å²) >= 11 is 0. The molecule has 0 aromatic heterocycles. The van der Waals surface area contributed by atoms with Crippen LogP contribution >= 0.6 is 0 Å². The fraction of sp³-hybridized carbons (Fsp3) is 0.700. The second-order valence-electron chi connectivity index (χ2n) is 6.94. The minimum absolute atomic E-state index is 0.225. The van der Waals surface area contributed by atoms with E-state index in [4.69, 9.17) is 10.5 Å². The summed E-state index contributed by atoms with van der Waals surface area (Å²) in [5.41, 5.74) is 8.65. The maximum absolute atomic E-state index is 6.03. The Morgan fingerprint density at radius 3 is 2.62 bits per heavy atom. The van der Waals surface area contributed by atoms with Crippen LogP contribution in [0, 0.1) is 0 Å². The molecule has 0 aliphatic carbocycles. The number of ether oxygens (including phenoxy) is 1. The quantitative estimate of drug-likeness (QED) is 0.727. The molecule has 1 heterocycles. The molecule has 1 aromatic rings. The van der Waals surface area contributed by atoms with Crippen LogP contribution < -0.4 is 15.8 Å². The number of benzene rings is 1. The van der Waals surface area contributed by atoms with E-state index in [2.05, 4.69) is 49.2 Å². The topological polar surface area (TPSA) is 50.5 Å². The molecule has 1 aliphatic heterocycles. The second kappa shape index (κ2) is 10.0. The van der Waals surface area contributed by atoms with E-state index < -0.39 is 0 Å². The molecule has 3 N–H and O–H groups in total. The van der Waals surface area contributed by atoms with Crippen molar-refractivity contribution in [3.8, 4) is 5.75 Å². The van der Waals surface area contributed by atoms with Crippen LogP contribution in [0.4, 0.5) is 0 Å². The third-order valence-electron chi connectivity index (χ3n) is 4.94. The summed E-state index contributed by atoms with van der Waals surface area (Å²) in [6.07, 6.45) is 5.00. The van der Waals surface area contributed by atoms with Crippen LogP contribution in [0.5, 0.6) is 5.75 Å². The molecule has 1 aliphatic rings. The number of piperidine rings is 1. The molecular formula is C20H35N3O. The van der Waals surface area contributed by atoms with Gasteiger partial charge in [-0.2, -0.15) is 0 Å². The molecule has 2 unspecified atom stereocenters. The lowest BCUT2D eigenvalue weighted by atomic mass is 10.0. The van der Waals surface area contributed by atoms with Gasteiger partial charge in [-0.25, -0.2) is 0 Å². The van der Waals surface area contributed by atoms with Crippen LogP contribution in [0.1, 0.15) is 63.6 Å². The van der Waals surface area contributed by atoms with Crippen molar-refractivity contribution in [1.82, 2.24) is 10.2 Å². The minimum atomic E-state index is 0.225. The van der Waals surface area contributed by atoms with Crippen molar-refractivity contribution in [3.63, 3.8) is 0 Å². The van der Waals surface area contributed by atoms with Crippen LogP contribution in [-0.4, -0.2) is 37.2 Å². The third kappa shape index (κ3) is 5.76. The predicted octanol–water partition coefficient (Wildman–Crippen LogP) is 3.46. The van der Waals surface area contributed by atoms with Gasteiger partial charge in [0, 0.05) is 30.7 Å². The lowest BCUT2D eigenvalue weighted by molar-refractivity contribution is 0.216. The Bertz CT molecular complexity index is 486. The van der Waals surface area contributed by atoms with Crippen molar-refractivity contribution >= 4 is 0 Å². The normalized spacial score (nSPS) is 18.3. The molecule has 0 radical (unpaired) electrons. The number of nitrogens with zero attached hydrogens (tertiary/aromatic N) is 1. The van der Waals surface area contributed by atoms with Gasteiger partial charge >= 0.3 is 0 Å². The molecule has 0 spiro atoms. The van der Waals surface area contributed by atoms with Crippen LogP contribution in [0.15, 0.2) is 18.2 Å². The van der Waals surface area contributed by atoms with Gasteiger partial charge in [-0.15, -0.1) is 0 Å². The SMILES string of the molecule is CCOc1ccc(C(C)NCC(N)CC)cc1CN1CCCCC1. The van der Waals surface area contributed by atoms with Crippen LogP contribution in [0.25, 0.3) is 0 Å². The van der Waals surface area contributed by atoms with E-state index in [1.165, 1.54) is 43.5 Å². The summed E-state index contributed by atoms with van der Waals surface area (Å²) in [7, 11) is 0. The van der Waals surface area contributed by atoms with Crippen molar-refractivity contribution in [2.45, 2.75) is 65.1 Å². The third-order valence-corrected chi connectivity index (χ3v) is 4.94. The van der Waals surface area contributed by atoms with Crippen molar-refractivity contribution in [1.29, 1.82) is 0 Å². The molecule has 136 valence electrons. The van der Waals surface area contributed by atoms with E-state index >= 15 is 0 Å². The Hall–Kier alpha value is -1.10. The molecule has 1 aromatic carbocycles. The molecule has 2 atom stereocenters. The molecular weight excluding hydrogens is 298 g/mol. The van der Waals surface area contributed by atoms with E-state index in [0.29, 0.717) is 12.6 Å². The number of nitrogens with one attached hydrogen (secondary N) is 1. The molecule has 1 saturated heterocycles. The van der Waals surface area contributed by atoms with Gasteiger partial charge in [-0.3, -0.25) is 4.90 Å². The molecule has 4 nitrogen and oxygen atoms in total. The van der Waals surface area contributed by atoms with Gasteiger partial charge in [0.05, 0.1) is 6.61 Å². The zero-order valence-electron chi connectivity index (χ0n) is 15.7. The summed E-state index contributed by atoms with van der Waals surface area (Å²) in [6, 6.07) is 7.16. The minimum Gasteiger partial charge on any atom is -0.494 e. The van der Waals surface area contributed by atoms with Crippen molar-refractivity contribution in [2.24, 2.45) is 5.73 Å². The van der Waals surface area contributed by atoms with Crippen LogP contribution in [-0.2, 0) is 6.54 Å². The summed E-state index contributed by atoms with van der Waals surface area (Å²) in [5, 5.41) is 3.55. The highest BCUT2D eigenvalue weighted by atomic mass is 16.5. The first-order valence-electron chi connectivity index (χ1n) is 9.61. The molecule has 0 saturated carbocycles. The first-order valence-corrected chi connectivity index (χ1v) is 9.61. The smallest absolute Gasteiger partial charge is 0.123 e.